The van der Waals surface area contributed by atoms with E-state index in [1.807, 2.05) is 49.3 Å². The number of rotatable bonds is 10. The van der Waals surface area contributed by atoms with Crippen molar-refractivity contribution < 1.29 is 9.53 Å². The maximum Gasteiger partial charge on any atom is 0.236 e. The molecule has 2 aromatic heterocycles. The van der Waals surface area contributed by atoms with Crippen LogP contribution in [0, 0.1) is 13.8 Å². The highest BCUT2D eigenvalue weighted by atomic mass is 32.2. The van der Waals surface area contributed by atoms with Crippen molar-refractivity contribution >= 4 is 34.1 Å². The average Bonchev–Trinajstić information content (AvgIpc) is 3.46. The predicted octanol–water partition coefficient (Wildman–Crippen LogP) is 3.82. The van der Waals surface area contributed by atoms with Crippen LogP contribution in [0.25, 0.3) is 0 Å². The van der Waals surface area contributed by atoms with Gasteiger partial charge in [-0.1, -0.05) is 23.9 Å². The van der Waals surface area contributed by atoms with Crippen molar-refractivity contribution in [3.05, 3.63) is 70.3 Å². The van der Waals surface area contributed by atoms with E-state index in [0.717, 1.165) is 33.3 Å². The van der Waals surface area contributed by atoms with Crippen molar-refractivity contribution in [2.24, 2.45) is 0 Å². The Bertz CT molecular complexity index is 1190. The van der Waals surface area contributed by atoms with Crippen molar-refractivity contribution in [1.29, 1.82) is 0 Å². The predicted molar refractivity (Wildman–Crippen MR) is 139 cm³/mol. The van der Waals surface area contributed by atoms with Gasteiger partial charge in [0.1, 0.15) is 12.4 Å². The highest BCUT2D eigenvalue weighted by Crippen LogP contribution is 2.24. The number of carbonyl (C=O) groups is 1. The number of carbonyl (C=O) groups excluding carboxylic acids is 1. The molecule has 0 spiro atoms. The topological polar surface area (TPSA) is 104 Å². The lowest BCUT2D eigenvalue weighted by molar-refractivity contribution is -0.113. The summed E-state index contributed by atoms with van der Waals surface area (Å²) in [6.07, 6.45) is 4.52. The van der Waals surface area contributed by atoms with Crippen LogP contribution in [0.5, 0.6) is 5.75 Å². The minimum absolute atomic E-state index is 0.130. The van der Waals surface area contributed by atoms with E-state index in [-0.39, 0.29) is 11.7 Å². The first-order valence-electron chi connectivity index (χ1n) is 11.3. The number of nitrogens with zero attached hydrogens (tertiary/aromatic N) is 4. The Hall–Kier alpha value is -3.15. The van der Waals surface area contributed by atoms with Gasteiger partial charge in [-0.15, -0.1) is 16.9 Å². The molecule has 184 valence electrons. The van der Waals surface area contributed by atoms with Crippen molar-refractivity contribution in [3.8, 4) is 5.75 Å². The first-order valence-corrected chi connectivity index (χ1v) is 13.1. The fourth-order valence-electron chi connectivity index (χ4n) is 3.32. The van der Waals surface area contributed by atoms with E-state index < -0.39 is 0 Å². The Morgan fingerprint density at radius 1 is 1.23 bits per heavy atom. The van der Waals surface area contributed by atoms with E-state index >= 15 is 0 Å². The summed E-state index contributed by atoms with van der Waals surface area (Å²) in [6.45, 7) is 8.49. The zero-order valence-electron chi connectivity index (χ0n) is 20.2. The number of hydrazine groups is 2. The minimum Gasteiger partial charge on any atom is -0.487 e. The first kappa shape index (κ1) is 25.0. The Morgan fingerprint density at radius 2 is 2.03 bits per heavy atom. The fourth-order valence-corrected chi connectivity index (χ4v) is 4.93. The van der Waals surface area contributed by atoms with Crippen molar-refractivity contribution in [2.75, 3.05) is 17.7 Å². The van der Waals surface area contributed by atoms with Gasteiger partial charge in [-0.3, -0.25) is 9.80 Å². The van der Waals surface area contributed by atoms with E-state index in [2.05, 4.69) is 51.1 Å². The maximum absolute atomic E-state index is 12.4. The summed E-state index contributed by atoms with van der Waals surface area (Å²) in [7, 11) is 0. The van der Waals surface area contributed by atoms with Gasteiger partial charge in [0, 0.05) is 41.1 Å². The average molecular weight is 512 g/mol. The Kier molecular flexibility index (Phi) is 8.21. The third-order valence-electron chi connectivity index (χ3n) is 4.96. The molecule has 1 amide bonds. The Balaban J connectivity index is 1.27. The van der Waals surface area contributed by atoms with E-state index in [0.29, 0.717) is 29.4 Å². The second-order valence-electron chi connectivity index (χ2n) is 8.41. The summed E-state index contributed by atoms with van der Waals surface area (Å²) in [5.41, 5.74) is 10.1. The number of anilines is 1. The van der Waals surface area contributed by atoms with Crippen LogP contribution < -0.4 is 21.0 Å². The van der Waals surface area contributed by atoms with Gasteiger partial charge in [-0.2, -0.15) is 0 Å². The van der Waals surface area contributed by atoms with Crippen molar-refractivity contribution in [3.63, 3.8) is 0 Å². The van der Waals surface area contributed by atoms with E-state index in [9.17, 15) is 4.79 Å². The first-order chi connectivity index (χ1) is 16.8. The molecule has 11 heteroatoms. The van der Waals surface area contributed by atoms with Crippen LogP contribution >= 0.6 is 23.1 Å². The van der Waals surface area contributed by atoms with Crippen LogP contribution in [0.3, 0.4) is 0 Å². The lowest BCUT2D eigenvalue weighted by atomic mass is 10.1. The molecule has 1 aliphatic rings. The number of aryl methyl sites for hydroxylation is 2. The maximum atomic E-state index is 12.4. The molecule has 0 radical (unpaired) electrons. The molecule has 0 aliphatic carbocycles. The number of thiazole rings is 1. The van der Waals surface area contributed by atoms with Gasteiger partial charge in [0.25, 0.3) is 0 Å². The second kappa shape index (κ2) is 11.5. The molecule has 0 bridgehead atoms. The van der Waals surface area contributed by atoms with Gasteiger partial charge in [-0.25, -0.2) is 15.0 Å². The molecule has 1 aromatic carbocycles. The molecule has 3 N–H and O–H groups in total. The summed E-state index contributed by atoms with van der Waals surface area (Å²) in [6, 6.07) is 10.3. The highest BCUT2D eigenvalue weighted by Gasteiger charge is 2.14. The summed E-state index contributed by atoms with van der Waals surface area (Å²) in [5.74, 6) is 0.902. The van der Waals surface area contributed by atoms with Crippen molar-refractivity contribution in [2.45, 2.75) is 45.3 Å². The molecule has 0 saturated heterocycles. The summed E-state index contributed by atoms with van der Waals surface area (Å²) >= 11 is 2.78. The zero-order valence-corrected chi connectivity index (χ0v) is 21.8. The number of aromatic nitrogens is 3. The molecular weight excluding hydrogens is 482 g/mol. The number of nitrogens with one attached hydrogen (secondary N) is 3. The summed E-state index contributed by atoms with van der Waals surface area (Å²) in [5, 5.41) is 6.05. The van der Waals surface area contributed by atoms with Gasteiger partial charge in [-0.05, 0) is 51.5 Å². The number of thioether (sulfide) groups is 1. The number of hydrogen-bond donors (Lipinski definition) is 3. The molecule has 3 aromatic rings. The zero-order chi connectivity index (χ0) is 24.8. The molecule has 9 nitrogen and oxygen atoms in total. The molecule has 0 saturated carbocycles. The van der Waals surface area contributed by atoms with Crippen LogP contribution in [0.15, 0.2) is 53.6 Å². The lowest BCUT2D eigenvalue weighted by Gasteiger charge is -2.18. The quantitative estimate of drug-likeness (QED) is 0.277. The largest absolute Gasteiger partial charge is 0.487 e. The molecule has 1 aliphatic heterocycles. The van der Waals surface area contributed by atoms with Crippen LogP contribution in [-0.2, 0) is 11.2 Å². The van der Waals surface area contributed by atoms with E-state index in [1.165, 1.54) is 23.1 Å². The van der Waals surface area contributed by atoms with Crippen molar-refractivity contribution in [1.82, 2.24) is 30.9 Å². The number of hydrogen-bond acceptors (Lipinski definition) is 10. The third-order valence-corrected chi connectivity index (χ3v) is 6.72. The molecular formula is C24H29N7O2S2. The van der Waals surface area contributed by atoms with Gasteiger partial charge < -0.3 is 15.5 Å². The molecule has 3 heterocycles. The molecule has 4 rings (SSSR count). The van der Waals surface area contributed by atoms with Gasteiger partial charge in [0.05, 0.1) is 11.4 Å². The van der Waals surface area contributed by atoms with Crippen LogP contribution in [-0.4, -0.2) is 44.3 Å². The van der Waals surface area contributed by atoms with E-state index in [4.69, 9.17) is 4.74 Å². The smallest absolute Gasteiger partial charge is 0.236 e. The SMILES string of the molecule is Cc1cc(C)nc(SCC(=O)Nc2ncc(Cc3cccc(OCC4=CN(C(C)C)NN4)c3)s2)n1. The molecule has 0 unspecified atom stereocenters. The molecule has 35 heavy (non-hydrogen) atoms. The van der Waals surface area contributed by atoms with E-state index in [1.54, 1.807) is 6.20 Å². The second-order valence-corrected chi connectivity index (χ2v) is 10.5. The number of benzene rings is 1. The van der Waals surface area contributed by atoms with Gasteiger partial charge in [0.15, 0.2) is 10.3 Å². The summed E-state index contributed by atoms with van der Waals surface area (Å²) in [4.78, 5) is 26.5. The Labute approximate surface area is 213 Å². The standard InChI is InChI=1S/C24H29N7O2S2/c1-15(2)31-12-19(29-30-31)13-33-20-7-5-6-18(9-20)10-21-11-25-23(35-21)28-22(32)14-34-24-26-16(3)8-17(4)27-24/h5-9,11-12,15,29-30H,10,13-14H2,1-4H3,(H,25,28,32). The fraction of sp³-hybridized carbons (Fsp3) is 0.333. The lowest BCUT2D eigenvalue weighted by Crippen LogP contribution is -2.40. The number of amides is 1. The Morgan fingerprint density at radius 3 is 2.77 bits per heavy atom. The van der Waals surface area contributed by atoms with Gasteiger partial charge in [0.2, 0.25) is 5.91 Å². The van der Waals surface area contributed by atoms with Gasteiger partial charge >= 0.3 is 0 Å². The number of ether oxygens (including phenoxy) is 1. The minimum atomic E-state index is -0.130. The van der Waals surface area contributed by atoms with Crippen LogP contribution in [0.1, 0.15) is 35.7 Å². The highest BCUT2D eigenvalue weighted by molar-refractivity contribution is 7.99. The third kappa shape index (κ3) is 7.41. The van der Waals surface area contributed by atoms with Crippen LogP contribution in [0.4, 0.5) is 5.13 Å². The summed E-state index contributed by atoms with van der Waals surface area (Å²) < 4.78 is 5.95. The molecule has 0 fully saturated rings. The normalized spacial score (nSPS) is 13.1. The van der Waals surface area contributed by atoms with Crippen LogP contribution in [0.2, 0.25) is 0 Å². The monoisotopic (exact) mass is 511 g/mol. The molecule has 0 atom stereocenters.